The molecule has 86 valence electrons. The van der Waals surface area contributed by atoms with Gasteiger partial charge in [0.05, 0.1) is 0 Å². The molecule has 0 aromatic carbocycles. The van der Waals surface area contributed by atoms with Gasteiger partial charge in [0.15, 0.2) is 0 Å². The Bertz CT molecular complexity index is 162. The van der Waals surface area contributed by atoms with Crippen LogP contribution in [0, 0.1) is 6.08 Å². The van der Waals surface area contributed by atoms with E-state index in [0.717, 1.165) is 6.42 Å². The number of allylic oxidation sites excluding steroid dienone is 4. The molecule has 1 aliphatic rings. The minimum atomic E-state index is 0. The quantitative estimate of drug-likeness (QED) is 0.577. The second-order valence-electron chi connectivity index (χ2n) is 2.06. The first-order chi connectivity index (χ1) is 6.93. The zero-order valence-electron chi connectivity index (χ0n) is 9.03. The van der Waals surface area contributed by atoms with Gasteiger partial charge in [0, 0.05) is 21.1 Å². The number of carbonyl (C=O) groups excluding carboxylic acids is 3. The predicted molar refractivity (Wildman–Crippen MR) is 56.8 cm³/mol. The van der Waals surface area contributed by atoms with Crippen LogP contribution in [0.5, 0.6) is 0 Å². The van der Waals surface area contributed by atoms with Crippen molar-refractivity contribution in [2.24, 2.45) is 0 Å². The molecular weight excluding hydrogens is 276 g/mol. The average molecular weight is 293 g/mol. The Kier molecular flexibility index (Phi) is 46.3. The molecule has 15 heavy (non-hydrogen) atoms. The Hall–Kier alpha value is -0.822. The van der Waals surface area contributed by atoms with E-state index in [9.17, 15) is 0 Å². The first-order valence-electron chi connectivity index (χ1n) is 4.06. The fourth-order valence-electron chi connectivity index (χ4n) is 0.891. The third kappa shape index (κ3) is 19.5. The Labute approximate surface area is 106 Å². The maximum absolute atomic E-state index is 8.00. The van der Waals surface area contributed by atoms with Gasteiger partial charge in [0.25, 0.3) is 0 Å². The minimum Gasteiger partial charge on any atom is -0.307 e. The number of hydrogen-bond donors (Lipinski definition) is 0. The summed E-state index contributed by atoms with van der Waals surface area (Å²) in [4.78, 5) is 24.0. The van der Waals surface area contributed by atoms with Gasteiger partial charge in [-0.1, -0.05) is 19.8 Å². The van der Waals surface area contributed by atoms with Crippen LogP contribution in [-0.2, 0) is 35.4 Å². The summed E-state index contributed by atoms with van der Waals surface area (Å²) < 4.78 is 0. The van der Waals surface area contributed by atoms with E-state index in [4.69, 9.17) is 14.4 Å². The van der Waals surface area contributed by atoms with E-state index < -0.39 is 0 Å². The smallest absolute Gasteiger partial charge is 0.106 e. The molecule has 0 saturated carbocycles. The van der Waals surface area contributed by atoms with Gasteiger partial charge in [-0.25, -0.2) is 11.6 Å². The van der Waals surface area contributed by atoms with E-state index in [-0.39, 0.29) is 21.1 Å². The molecule has 0 amide bonds. The fourth-order valence-corrected chi connectivity index (χ4v) is 0.891. The summed E-state index contributed by atoms with van der Waals surface area (Å²) in [5.41, 5.74) is 1.40. The third-order valence-corrected chi connectivity index (χ3v) is 1.29. The van der Waals surface area contributed by atoms with Gasteiger partial charge in [-0.05, 0) is 0 Å². The fraction of sp³-hybridized carbons (Fsp3) is 0.364. The topological polar surface area (TPSA) is 51.2 Å². The standard InChI is InChI=1S/C8H11.3CH2O.Mo/c1-2-5-8-6-3-4-7-8;3*1-2;/h3,6H,2,4-5H2,1H3;3*1H2;/q-1;;;;. The zero-order chi connectivity index (χ0) is 11.8. The zero-order valence-corrected chi connectivity index (χ0v) is 11.0. The van der Waals surface area contributed by atoms with Crippen LogP contribution in [0.4, 0.5) is 0 Å². The van der Waals surface area contributed by atoms with Crippen LogP contribution >= 0.6 is 0 Å². The summed E-state index contributed by atoms with van der Waals surface area (Å²) in [6.45, 7) is 8.20. The van der Waals surface area contributed by atoms with Crippen LogP contribution in [0.2, 0.25) is 0 Å². The summed E-state index contributed by atoms with van der Waals surface area (Å²) in [5, 5.41) is 0. The van der Waals surface area contributed by atoms with Gasteiger partial charge in [-0.3, -0.25) is 6.08 Å². The molecule has 0 aromatic rings. The maximum atomic E-state index is 8.00. The van der Waals surface area contributed by atoms with Crippen LogP contribution in [0.25, 0.3) is 0 Å². The van der Waals surface area contributed by atoms with Crippen LogP contribution in [-0.4, -0.2) is 20.4 Å². The van der Waals surface area contributed by atoms with Crippen LogP contribution in [0.3, 0.4) is 0 Å². The van der Waals surface area contributed by atoms with E-state index >= 15 is 0 Å². The van der Waals surface area contributed by atoms with Crippen molar-refractivity contribution in [3.05, 3.63) is 23.8 Å². The van der Waals surface area contributed by atoms with Gasteiger partial charge < -0.3 is 14.4 Å². The van der Waals surface area contributed by atoms with Crippen molar-refractivity contribution in [1.29, 1.82) is 0 Å². The van der Waals surface area contributed by atoms with E-state index in [1.807, 2.05) is 20.4 Å². The molecule has 0 aromatic heterocycles. The average Bonchev–Trinajstić information content (AvgIpc) is 2.80. The first-order valence-corrected chi connectivity index (χ1v) is 4.06. The summed E-state index contributed by atoms with van der Waals surface area (Å²) in [6.07, 6.45) is 11.1. The molecule has 0 fully saturated rings. The SMILES string of the molecule is C=O.C=O.C=O.CCCC1=[C-]CC=C1.[Mo]. The van der Waals surface area contributed by atoms with Gasteiger partial charge in [0.2, 0.25) is 0 Å². The molecular formula is C11H17MoO3-. The van der Waals surface area contributed by atoms with Crippen LogP contribution in [0.1, 0.15) is 26.2 Å². The Morgan fingerprint density at radius 3 is 1.93 bits per heavy atom. The van der Waals surface area contributed by atoms with Gasteiger partial charge in [-0.2, -0.15) is 6.08 Å². The maximum Gasteiger partial charge on any atom is 0.106 e. The molecule has 0 saturated heterocycles. The summed E-state index contributed by atoms with van der Waals surface area (Å²) in [5.74, 6) is 0. The molecule has 1 rings (SSSR count). The Balaban J connectivity index is -0.0000000755. The number of hydrogen-bond acceptors (Lipinski definition) is 3. The summed E-state index contributed by atoms with van der Waals surface area (Å²) in [7, 11) is 0. The molecule has 0 spiro atoms. The summed E-state index contributed by atoms with van der Waals surface area (Å²) >= 11 is 0. The van der Waals surface area contributed by atoms with Gasteiger partial charge >= 0.3 is 0 Å². The second kappa shape index (κ2) is 29.2. The number of rotatable bonds is 2. The molecule has 0 heterocycles. The molecule has 0 radical (unpaired) electrons. The molecule has 0 atom stereocenters. The van der Waals surface area contributed by atoms with Crippen molar-refractivity contribution in [2.45, 2.75) is 26.2 Å². The molecule has 4 heteroatoms. The van der Waals surface area contributed by atoms with Crippen molar-refractivity contribution >= 4 is 20.4 Å². The van der Waals surface area contributed by atoms with Crippen molar-refractivity contribution < 1.29 is 35.4 Å². The molecule has 0 aliphatic heterocycles. The van der Waals surface area contributed by atoms with Crippen molar-refractivity contribution in [3.63, 3.8) is 0 Å². The number of carbonyl (C=O) groups is 3. The molecule has 0 bridgehead atoms. The van der Waals surface area contributed by atoms with Crippen molar-refractivity contribution in [1.82, 2.24) is 0 Å². The van der Waals surface area contributed by atoms with Gasteiger partial charge in [0.1, 0.15) is 20.4 Å². The monoisotopic (exact) mass is 295 g/mol. The van der Waals surface area contributed by atoms with Crippen molar-refractivity contribution in [2.75, 3.05) is 0 Å². The van der Waals surface area contributed by atoms with E-state index in [1.54, 1.807) is 0 Å². The predicted octanol–water partition coefficient (Wildman–Crippen LogP) is 1.92. The third-order valence-electron chi connectivity index (χ3n) is 1.29. The van der Waals surface area contributed by atoms with Gasteiger partial charge in [-0.15, -0.1) is 6.42 Å². The Morgan fingerprint density at radius 2 is 1.67 bits per heavy atom. The first kappa shape index (κ1) is 23.8. The molecule has 0 unspecified atom stereocenters. The summed E-state index contributed by atoms with van der Waals surface area (Å²) in [6, 6.07) is 0. The van der Waals surface area contributed by atoms with E-state index in [0.29, 0.717) is 0 Å². The van der Waals surface area contributed by atoms with Crippen molar-refractivity contribution in [3.8, 4) is 0 Å². The molecule has 0 N–H and O–H groups in total. The molecule has 1 aliphatic carbocycles. The largest absolute Gasteiger partial charge is 0.307 e. The Morgan fingerprint density at radius 1 is 1.20 bits per heavy atom. The van der Waals surface area contributed by atoms with E-state index in [1.165, 1.54) is 18.4 Å². The minimum absolute atomic E-state index is 0. The normalized spacial score (nSPS) is 9.80. The second-order valence-corrected chi connectivity index (χ2v) is 2.06. The van der Waals surface area contributed by atoms with Crippen LogP contribution < -0.4 is 0 Å². The van der Waals surface area contributed by atoms with Crippen LogP contribution in [0.15, 0.2) is 17.7 Å². The van der Waals surface area contributed by atoms with E-state index in [2.05, 4.69) is 25.2 Å². The molecule has 3 nitrogen and oxygen atoms in total.